The van der Waals surface area contributed by atoms with Crippen LogP contribution >= 0.6 is 11.6 Å². The fourth-order valence-electron chi connectivity index (χ4n) is 1.59. The third kappa shape index (κ3) is 3.27. The smallest absolute Gasteiger partial charge is 0.123 e. The Bertz CT molecular complexity index is 479. The van der Waals surface area contributed by atoms with Crippen LogP contribution in [0, 0.1) is 12.7 Å². The zero-order chi connectivity index (χ0) is 12.3. The van der Waals surface area contributed by atoms with Crippen molar-refractivity contribution in [2.24, 2.45) is 0 Å². The van der Waals surface area contributed by atoms with Crippen LogP contribution in [-0.2, 0) is 6.42 Å². The van der Waals surface area contributed by atoms with Crippen molar-refractivity contribution >= 4 is 11.6 Å². The normalized spacial score (nSPS) is 12.4. The molecule has 0 N–H and O–H groups in total. The minimum Gasteiger partial charge on any atom is -0.261 e. The number of hydrogen-bond donors (Lipinski definition) is 0. The van der Waals surface area contributed by atoms with Gasteiger partial charge in [0.2, 0.25) is 0 Å². The Morgan fingerprint density at radius 2 is 1.88 bits per heavy atom. The molecule has 0 bridgehead atoms. The molecule has 2 rings (SSSR count). The maximum atomic E-state index is 12.8. The first-order valence-electron chi connectivity index (χ1n) is 5.46. The molecule has 88 valence electrons. The molecule has 0 saturated carbocycles. The van der Waals surface area contributed by atoms with E-state index in [9.17, 15) is 4.39 Å². The molecule has 0 radical (unpaired) electrons. The summed E-state index contributed by atoms with van der Waals surface area (Å²) >= 11 is 6.27. The van der Waals surface area contributed by atoms with Crippen LogP contribution in [0.15, 0.2) is 42.6 Å². The number of aryl methyl sites for hydroxylation is 1. The van der Waals surface area contributed by atoms with E-state index in [4.69, 9.17) is 11.6 Å². The van der Waals surface area contributed by atoms with Gasteiger partial charge in [0.25, 0.3) is 0 Å². The fraction of sp³-hybridized carbons (Fsp3) is 0.214. The SMILES string of the molecule is Cc1ccc(CC(Cl)c2ccc(F)cc2)nc1. The summed E-state index contributed by atoms with van der Waals surface area (Å²) < 4.78 is 12.8. The molecule has 0 aliphatic heterocycles. The van der Waals surface area contributed by atoms with Gasteiger partial charge in [0.05, 0.1) is 5.38 Å². The average molecular weight is 250 g/mol. The lowest BCUT2D eigenvalue weighted by Crippen LogP contribution is -1.98. The van der Waals surface area contributed by atoms with Gasteiger partial charge >= 0.3 is 0 Å². The van der Waals surface area contributed by atoms with Crippen LogP contribution in [0.1, 0.15) is 22.2 Å². The fourth-order valence-corrected chi connectivity index (χ4v) is 1.90. The molecule has 3 heteroatoms. The van der Waals surface area contributed by atoms with Crippen LogP contribution < -0.4 is 0 Å². The van der Waals surface area contributed by atoms with Gasteiger partial charge in [0, 0.05) is 18.3 Å². The Balaban J connectivity index is 2.08. The average Bonchev–Trinajstić information content (AvgIpc) is 2.33. The van der Waals surface area contributed by atoms with Crippen molar-refractivity contribution in [2.75, 3.05) is 0 Å². The third-order valence-electron chi connectivity index (χ3n) is 2.59. The molecule has 0 aliphatic carbocycles. The maximum absolute atomic E-state index is 12.8. The highest BCUT2D eigenvalue weighted by atomic mass is 35.5. The Morgan fingerprint density at radius 3 is 2.47 bits per heavy atom. The molecular formula is C14H13ClFN. The second-order valence-corrected chi connectivity index (χ2v) is 4.58. The number of alkyl halides is 1. The molecule has 2 aromatic rings. The molecule has 0 spiro atoms. The number of hydrogen-bond acceptors (Lipinski definition) is 1. The Kier molecular flexibility index (Phi) is 3.75. The van der Waals surface area contributed by atoms with E-state index in [0.29, 0.717) is 6.42 Å². The highest BCUT2D eigenvalue weighted by Gasteiger charge is 2.09. The molecule has 1 aromatic carbocycles. The Labute approximate surface area is 105 Å². The predicted octanol–water partition coefficient (Wildman–Crippen LogP) is 4.05. The summed E-state index contributed by atoms with van der Waals surface area (Å²) in [7, 11) is 0. The van der Waals surface area contributed by atoms with Gasteiger partial charge in [0.15, 0.2) is 0 Å². The molecule has 1 unspecified atom stereocenters. The highest BCUT2D eigenvalue weighted by Crippen LogP contribution is 2.24. The predicted molar refractivity (Wildman–Crippen MR) is 67.7 cm³/mol. The molecule has 0 fully saturated rings. The van der Waals surface area contributed by atoms with Crippen molar-refractivity contribution in [1.29, 1.82) is 0 Å². The van der Waals surface area contributed by atoms with E-state index in [0.717, 1.165) is 16.8 Å². The Morgan fingerprint density at radius 1 is 1.18 bits per heavy atom. The molecule has 0 amide bonds. The molecule has 1 atom stereocenters. The summed E-state index contributed by atoms with van der Waals surface area (Å²) in [6, 6.07) is 10.2. The quantitative estimate of drug-likeness (QED) is 0.748. The topological polar surface area (TPSA) is 12.9 Å². The van der Waals surface area contributed by atoms with Crippen LogP contribution in [0.4, 0.5) is 4.39 Å². The molecule has 1 nitrogen and oxygen atoms in total. The van der Waals surface area contributed by atoms with Crippen molar-refractivity contribution < 1.29 is 4.39 Å². The van der Waals surface area contributed by atoms with Crippen LogP contribution in [0.25, 0.3) is 0 Å². The number of halogens is 2. The van der Waals surface area contributed by atoms with E-state index >= 15 is 0 Å². The van der Waals surface area contributed by atoms with Gasteiger partial charge in [-0.05, 0) is 36.2 Å². The second-order valence-electron chi connectivity index (χ2n) is 4.05. The number of nitrogens with zero attached hydrogens (tertiary/aromatic N) is 1. The Hall–Kier alpha value is -1.41. The van der Waals surface area contributed by atoms with E-state index in [-0.39, 0.29) is 11.2 Å². The zero-order valence-corrected chi connectivity index (χ0v) is 10.3. The van der Waals surface area contributed by atoms with Gasteiger partial charge in [-0.3, -0.25) is 4.98 Å². The summed E-state index contributed by atoms with van der Waals surface area (Å²) in [5, 5.41) is -0.175. The van der Waals surface area contributed by atoms with Gasteiger partial charge in [-0.1, -0.05) is 18.2 Å². The third-order valence-corrected chi connectivity index (χ3v) is 3.00. The highest BCUT2D eigenvalue weighted by molar-refractivity contribution is 6.20. The van der Waals surface area contributed by atoms with Crippen LogP contribution in [0.2, 0.25) is 0 Å². The lowest BCUT2D eigenvalue weighted by molar-refractivity contribution is 0.626. The first-order chi connectivity index (χ1) is 8.15. The van der Waals surface area contributed by atoms with Crippen molar-refractivity contribution in [3.63, 3.8) is 0 Å². The van der Waals surface area contributed by atoms with Crippen molar-refractivity contribution in [2.45, 2.75) is 18.7 Å². The van der Waals surface area contributed by atoms with Gasteiger partial charge in [-0.2, -0.15) is 0 Å². The van der Waals surface area contributed by atoms with Gasteiger partial charge in [0.1, 0.15) is 5.82 Å². The van der Waals surface area contributed by atoms with Crippen LogP contribution in [0.3, 0.4) is 0 Å². The minimum absolute atomic E-state index is 0.175. The molecule has 0 saturated heterocycles. The van der Waals surface area contributed by atoms with E-state index in [1.54, 1.807) is 12.1 Å². The van der Waals surface area contributed by atoms with Crippen molar-refractivity contribution in [3.8, 4) is 0 Å². The van der Waals surface area contributed by atoms with Crippen LogP contribution in [-0.4, -0.2) is 4.98 Å². The van der Waals surface area contributed by atoms with E-state index in [1.165, 1.54) is 12.1 Å². The molecule has 1 heterocycles. The summed E-state index contributed by atoms with van der Waals surface area (Å²) in [5.74, 6) is -0.244. The first-order valence-corrected chi connectivity index (χ1v) is 5.90. The minimum atomic E-state index is -0.244. The summed E-state index contributed by atoms with van der Waals surface area (Å²) in [4.78, 5) is 4.30. The maximum Gasteiger partial charge on any atom is 0.123 e. The van der Waals surface area contributed by atoms with E-state index in [1.807, 2.05) is 25.3 Å². The number of benzene rings is 1. The molecule has 0 aliphatic rings. The standard InChI is InChI=1S/C14H13ClFN/c1-10-2-7-13(17-9-10)8-14(15)11-3-5-12(16)6-4-11/h2-7,9,14H,8H2,1H3. The monoisotopic (exact) mass is 249 g/mol. The van der Waals surface area contributed by atoms with Crippen LogP contribution in [0.5, 0.6) is 0 Å². The number of pyridine rings is 1. The van der Waals surface area contributed by atoms with Crippen molar-refractivity contribution in [3.05, 3.63) is 65.2 Å². The van der Waals surface area contributed by atoms with Gasteiger partial charge < -0.3 is 0 Å². The lowest BCUT2D eigenvalue weighted by atomic mass is 10.1. The van der Waals surface area contributed by atoms with E-state index in [2.05, 4.69) is 4.98 Å². The summed E-state index contributed by atoms with van der Waals surface area (Å²) in [6.07, 6.45) is 2.47. The first kappa shape index (κ1) is 12.1. The van der Waals surface area contributed by atoms with E-state index < -0.39 is 0 Å². The number of rotatable bonds is 3. The number of aromatic nitrogens is 1. The summed E-state index contributed by atoms with van der Waals surface area (Å²) in [6.45, 7) is 1.99. The largest absolute Gasteiger partial charge is 0.261 e. The molecular weight excluding hydrogens is 237 g/mol. The second kappa shape index (κ2) is 5.28. The van der Waals surface area contributed by atoms with Gasteiger partial charge in [-0.25, -0.2) is 4.39 Å². The van der Waals surface area contributed by atoms with Gasteiger partial charge in [-0.15, -0.1) is 11.6 Å². The molecule has 1 aromatic heterocycles. The lowest BCUT2D eigenvalue weighted by Gasteiger charge is -2.09. The molecule has 17 heavy (non-hydrogen) atoms. The summed E-state index contributed by atoms with van der Waals surface area (Å²) in [5.41, 5.74) is 2.98. The zero-order valence-electron chi connectivity index (χ0n) is 9.53. The van der Waals surface area contributed by atoms with Crippen molar-refractivity contribution in [1.82, 2.24) is 4.98 Å².